The number of aromatic nitrogens is 2. The van der Waals surface area contributed by atoms with E-state index in [0.717, 1.165) is 5.56 Å². The van der Waals surface area contributed by atoms with Gasteiger partial charge < -0.3 is 19.5 Å². The summed E-state index contributed by atoms with van der Waals surface area (Å²) >= 11 is 11.6. The normalized spacial score (nSPS) is 11.2. The SMILES string of the molecule is COc1ccc(Cn2cc3c(F)c(Cl)nc(Cl)c3c2O)c(CO)c1. The maximum absolute atomic E-state index is 14.1. The first kappa shape index (κ1) is 16.8. The van der Waals surface area contributed by atoms with Crippen molar-refractivity contribution >= 4 is 34.0 Å². The summed E-state index contributed by atoms with van der Waals surface area (Å²) < 4.78 is 20.7. The molecular weight excluding hydrogens is 358 g/mol. The van der Waals surface area contributed by atoms with Crippen molar-refractivity contribution < 1.29 is 19.3 Å². The lowest BCUT2D eigenvalue weighted by Gasteiger charge is -2.11. The number of nitrogens with zero attached hydrogens (tertiary/aromatic N) is 2. The van der Waals surface area contributed by atoms with E-state index in [4.69, 9.17) is 27.9 Å². The first-order valence-electron chi connectivity index (χ1n) is 6.95. The third-order valence-electron chi connectivity index (χ3n) is 3.79. The van der Waals surface area contributed by atoms with Crippen LogP contribution in [0.1, 0.15) is 11.1 Å². The number of halogens is 3. The summed E-state index contributed by atoms with van der Waals surface area (Å²) in [6.45, 7) is 0.00434. The van der Waals surface area contributed by atoms with E-state index in [-0.39, 0.29) is 40.1 Å². The van der Waals surface area contributed by atoms with Crippen LogP contribution >= 0.6 is 23.2 Å². The van der Waals surface area contributed by atoms with E-state index >= 15 is 0 Å². The fourth-order valence-corrected chi connectivity index (χ4v) is 3.05. The van der Waals surface area contributed by atoms with Crippen LogP contribution in [0.2, 0.25) is 10.3 Å². The van der Waals surface area contributed by atoms with Crippen LogP contribution in [0.4, 0.5) is 4.39 Å². The van der Waals surface area contributed by atoms with Crippen molar-refractivity contribution in [1.82, 2.24) is 9.55 Å². The van der Waals surface area contributed by atoms with Crippen molar-refractivity contribution in [2.24, 2.45) is 0 Å². The van der Waals surface area contributed by atoms with Crippen molar-refractivity contribution in [3.8, 4) is 11.6 Å². The molecule has 8 heteroatoms. The quantitative estimate of drug-likeness (QED) is 0.686. The number of pyridine rings is 1. The monoisotopic (exact) mass is 370 g/mol. The molecule has 0 saturated heterocycles. The molecule has 2 N–H and O–H groups in total. The van der Waals surface area contributed by atoms with Gasteiger partial charge in [-0.2, -0.15) is 0 Å². The van der Waals surface area contributed by atoms with Gasteiger partial charge in [0.05, 0.1) is 25.6 Å². The van der Waals surface area contributed by atoms with Crippen molar-refractivity contribution in [3.05, 3.63) is 51.6 Å². The standard InChI is InChI=1S/C16H13Cl2FN2O3/c1-24-10-3-2-8(9(4-10)7-22)5-21-6-11-12(16(21)23)14(17)20-15(18)13(11)19/h2-4,6,22-23H,5,7H2,1H3. The third kappa shape index (κ3) is 2.77. The molecule has 5 nitrogen and oxygen atoms in total. The molecule has 0 saturated carbocycles. The molecule has 0 radical (unpaired) electrons. The van der Waals surface area contributed by atoms with Gasteiger partial charge in [0.15, 0.2) is 11.0 Å². The smallest absolute Gasteiger partial charge is 0.202 e. The second-order valence-electron chi connectivity index (χ2n) is 5.17. The summed E-state index contributed by atoms with van der Waals surface area (Å²) in [5, 5.41) is 19.6. The summed E-state index contributed by atoms with van der Waals surface area (Å²) in [7, 11) is 1.53. The highest BCUT2D eigenvalue weighted by Gasteiger charge is 2.19. The number of methoxy groups -OCH3 is 1. The Kier molecular flexibility index (Phi) is 4.54. The molecule has 0 aliphatic heterocycles. The number of benzene rings is 1. The maximum Gasteiger partial charge on any atom is 0.202 e. The molecule has 2 heterocycles. The number of aliphatic hydroxyl groups excluding tert-OH is 1. The second kappa shape index (κ2) is 6.47. The Morgan fingerprint density at radius 1 is 1.25 bits per heavy atom. The third-order valence-corrected chi connectivity index (χ3v) is 4.32. The summed E-state index contributed by atoms with van der Waals surface area (Å²) in [5.41, 5.74) is 1.37. The lowest BCUT2D eigenvalue weighted by Crippen LogP contribution is -2.02. The topological polar surface area (TPSA) is 67.5 Å². The molecule has 3 rings (SSSR count). The number of rotatable bonds is 4. The number of ether oxygens (including phenoxy) is 1. The van der Waals surface area contributed by atoms with Crippen LogP contribution in [0.5, 0.6) is 11.6 Å². The average molecular weight is 371 g/mol. The predicted molar refractivity (Wildman–Crippen MR) is 89.4 cm³/mol. The van der Waals surface area contributed by atoms with Gasteiger partial charge in [0.25, 0.3) is 0 Å². The van der Waals surface area contributed by atoms with Crippen molar-refractivity contribution in [2.45, 2.75) is 13.2 Å². The Labute approximate surface area is 146 Å². The van der Waals surface area contributed by atoms with Gasteiger partial charge in [-0.3, -0.25) is 0 Å². The van der Waals surface area contributed by atoms with Gasteiger partial charge in [-0.25, -0.2) is 9.37 Å². The molecule has 0 aliphatic carbocycles. The Bertz CT molecular complexity index is 928. The number of hydrogen-bond donors (Lipinski definition) is 2. The number of hydrogen-bond acceptors (Lipinski definition) is 4. The van der Waals surface area contributed by atoms with Gasteiger partial charge in [0, 0.05) is 11.6 Å². The van der Waals surface area contributed by atoms with Gasteiger partial charge >= 0.3 is 0 Å². The molecular formula is C16H13Cl2FN2O3. The van der Waals surface area contributed by atoms with E-state index in [1.165, 1.54) is 17.9 Å². The molecule has 1 aromatic carbocycles. The highest BCUT2D eigenvalue weighted by molar-refractivity contribution is 6.37. The Hall–Kier alpha value is -2.02. The molecule has 0 atom stereocenters. The maximum atomic E-state index is 14.1. The van der Waals surface area contributed by atoms with E-state index in [2.05, 4.69) is 4.98 Å². The summed E-state index contributed by atoms with van der Waals surface area (Å²) in [4.78, 5) is 3.66. The van der Waals surface area contributed by atoms with Gasteiger partial charge in [0.2, 0.25) is 5.88 Å². The van der Waals surface area contributed by atoms with Crippen LogP contribution in [0.3, 0.4) is 0 Å². The Balaban J connectivity index is 2.10. The predicted octanol–water partition coefficient (Wildman–Crippen LogP) is 3.74. The van der Waals surface area contributed by atoms with E-state index < -0.39 is 5.82 Å². The molecule has 0 bridgehead atoms. The first-order chi connectivity index (χ1) is 11.5. The second-order valence-corrected chi connectivity index (χ2v) is 5.89. The van der Waals surface area contributed by atoms with E-state index in [9.17, 15) is 14.6 Å². The van der Waals surface area contributed by atoms with Gasteiger partial charge in [-0.05, 0) is 23.3 Å². The lowest BCUT2D eigenvalue weighted by atomic mass is 10.1. The Morgan fingerprint density at radius 2 is 2.00 bits per heavy atom. The average Bonchev–Trinajstić information content (AvgIpc) is 2.90. The zero-order chi connectivity index (χ0) is 17.4. The number of aliphatic hydroxyl groups is 1. The number of aromatic hydroxyl groups is 1. The van der Waals surface area contributed by atoms with Crippen molar-refractivity contribution in [3.63, 3.8) is 0 Å². The minimum Gasteiger partial charge on any atom is -0.497 e. The minimum absolute atomic E-state index is 0.0789. The Morgan fingerprint density at radius 3 is 2.67 bits per heavy atom. The summed E-state index contributed by atoms with van der Waals surface area (Å²) in [6.07, 6.45) is 1.41. The fourth-order valence-electron chi connectivity index (χ4n) is 2.55. The van der Waals surface area contributed by atoms with E-state index in [0.29, 0.717) is 11.3 Å². The zero-order valence-electron chi connectivity index (χ0n) is 12.6. The highest BCUT2D eigenvalue weighted by Crippen LogP contribution is 2.36. The molecule has 0 fully saturated rings. The molecule has 2 aromatic heterocycles. The summed E-state index contributed by atoms with van der Waals surface area (Å²) in [5.74, 6) is -0.366. The van der Waals surface area contributed by atoms with Gasteiger partial charge in [-0.1, -0.05) is 29.3 Å². The van der Waals surface area contributed by atoms with Crippen LogP contribution in [0, 0.1) is 5.82 Å². The van der Waals surface area contributed by atoms with Crippen molar-refractivity contribution in [1.29, 1.82) is 0 Å². The molecule has 0 aliphatic rings. The lowest BCUT2D eigenvalue weighted by molar-refractivity contribution is 0.279. The van der Waals surface area contributed by atoms with Crippen LogP contribution < -0.4 is 4.74 Å². The van der Waals surface area contributed by atoms with Crippen LogP contribution in [0.25, 0.3) is 10.8 Å². The van der Waals surface area contributed by atoms with Crippen LogP contribution in [-0.2, 0) is 13.2 Å². The molecule has 3 aromatic rings. The van der Waals surface area contributed by atoms with Crippen LogP contribution in [-0.4, -0.2) is 26.9 Å². The van der Waals surface area contributed by atoms with E-state index in [1.807, 2.05) is 0 Å². The molecule has 0 amide bonds. The van der Waals surface area contributed by atoms with E-state index in [1.54, 1.807) is 18.2 Å². The van der Waals surface area contributed by atoms with Crippen molar-refractivity contribution in [2.75, 3.05) is 7.11 Å². The van der Waals surface area contributed by atoms with Gasteiger partial charge in [0.1, 0.15) is 10.9 Å². The highest BCUT2D eigenvalue weighted by atomic mass is 35.5. The van der Waals surface area contributed by atoms with Gasteiger partial charge in [-0.15, -0.1) is 0 Å². The van der Waals surface area contributed by atoms with Crippen LogP contribution in [0.15, 0.2) is 24.4 Å². The first-order valence-corrected chi connectivity index (χ1v) is 7.70. The zero-order valence-corrected chi connectivity index (χ0v) is 14.1. The number of fused-ring (bicyclic) bond motifs is 1. The molecule has 0 spiro atoms. The molecule has 0 unspecified atom stereocenters. The fraction of sp³-hybridized carbons (Fsp3) is 0.188. The minimum atomic E-state index is -0.748. The summed E-state index contributed by atoms with van der Waals surface area (Å²) in [6, 6.07) is 5.19. The largest absolute Gasteiger partial charge is 0.497 e. The molecule has 126 valence electrons. The molecule has 24 heavy (non-hydrogen) atoms.